The molecule has 4 aliphatic rings. The molecule has 4 aliphatic carbocycles. The van der Waals surface area contributed by atoms with E-state index in [2.05, 4.69) is 133 Å². The van der Waals surface area contributed by atoms with Crippen LogP contribution in [0.2, 0.25) is 0 Å². The summed E-state index contributed by atoms with van der Waals surface area (Å²) in [6.07, 6.45) is 8.60. The highest BCUT2D eigenvalue weighted by molar-refractivity contribution is 7.26. The van der Waals surface area contributed by atoms with E-state index in [4.69, 9.17) is 15.0 Å². The van der Waals surface area contributed by atoms with E-state index in [1.165, 1.54) is 90.0 Å². The van der Waals surface area contributed by atoms with E-state index in [1.54, 1.807) is 5.56 Å². The van der Waals surface area contributed by atoms with Crippen LogP contribution < -0.4 is 0 Å². The van der Waals surface area contributed by atoms with Gasteiger partial charge in [0.2, 0.25) is 0 Å². The van der Waals surface area contributed by atoms with Gasteiger partial charge in [-0.25, -0.2) is 15.0 Å². The molecule has 4 saturated carbocycles. The predicted octanol–water partition coefficient (Wildman–Crippen LogP) is 13.7. The molecule has 54 heavy (non-hydrogen) atoms. The van der Waals surface area contributed by atoms with Gasteiger partial charge in [0.05, 0.1) is 0 Å². The number of benzene rings is 6. The van der Waals surface area contributed by atoms with Crippen molar-refractivity contribution in [3.63, 3.8) is 0 Å². The van der Waals surface area contributed by atoms with Gasteiger partial charge in [0.1, 0.15) is 0 Å². The fourth-order valence-electron chi connectivity index (χ4n) is 10.9. The number of hydrogen-bond donors (Lipinski definition) is 0. The molecule has 9 aromatic rings. The summed E-state index contributed by atoms with van der Waals surface area (Å²) in [7, 11) is 0. The number of rotatable bonds is 5. The fourth-order valence-corrected chi connectivity index (χ4v) is 13.3. The zero-order valence-electron chi connectivity index (χ0n) is 29.8. The molecule has 0 saturated heterocycles. The lowest BCUT2D eigenvalue weighted by atomic mass is 9.48. The van der Waals surface area contributed by atoms with Crippen LogP contribution in [0.5, 0.6) is 0 Å². The van der Waals surface area contributed by atoms with Crippen molar-refractivity contribution in [1.29, 1.82) is 0 Å². The molecule has 0 radical (unpaired) electrons. The summed E-state index contributed by atoms with van der Waals surface area (Å²) >= 11 is 3.62. The Morgan fingerprint density at radius 2 is 0.907 bits per heavy atom. The second-order valence-corrected chi connectivity index (χ2v) is 18.3. The minimum Gasteiger partial charge on any atom is -0.208 e. The molecule has 260 valence electrons. The van der Waals surface area contributed by atoms with Crippen LogP contribution in [-0.4, -0.2) is 15.0 Å². The molecule has 3 nitrogen and oxygen atoms in total. The molecule has 0 unspecified atom stereocenters. The maximum Gasteiger partial charge on any atom is 0.165 e. The van der Waals surface area contributed by atoms with Gasteiger partial charge in [-0.1, -0.05) is 103 Å². The topological polar surface area (TPSA) is 38.7 Å². The quantitative estimate of drug-likeness (QED) is 0.177. The van der Waals surface area contributed by atoms with Crippen molar-refractivity contribution in [1.82, 2.24) is 15.0 Å². The maximum absolute atomic E-state index is 5.30. The number of aromatic nitrogens is 3. The van der Waals surface area contributed by atoms with Crippen molar-refractivity contribution in [2.75, 3.05) is 0 Å². The van der Waals surface area contributed by atoms with E-state index in [0.29, 0.717) is 22.9 Å². The van der Waals surface area contributed by atoms with Crippen LogP contribution in [0.15, 0.2) is 133 Å². The van der Waals surface area contributed by atoms with Gasteiger partial charge < -0.3 is 0 Å². The highest BCUT2D eigenvalue weighted by Crippen LogP contribution is 2.60. The van der Waals surface area contributed by atoms with Crippen LogP contribution in [-0.2, 0) is 5.41 Å². The Morgan fingerprint density at radius 1 is 0.426 bits per heavy atom. The van der Waals surface area contributed by atoms with Crippen LogP contribution in [0.25, 0.3) is 85.6 Å². The molecule has 0 N–H and O–H groups in total. The van der Waals surface area contributed by atoms with Crippen molar-refractivity contribution in [2.45, 2.75) is 43.9 Å². The Hall–Kier alpha value is -5.23. The third-order valence-corrected chi connectivity index (χ3v) is 15.4. The van der Waals surface area contributed by atoms with Crippen molar-refractivity contribution < 1.29 is 0 Å². The van der Waals surface area contributed by atoms with Gasteiger partial charge in [0.15, 0.2) is 17.5 Å². The summed E-state index contributed by atoms with van der Waals surface area (Å²) in [6.45, 7) is 0. The monoisotopic (exact) mass is 731 g/mol. The van der Waals surface area contributed by atoms with Gasteiger partial charge >= 0.3 is 0 Å². The summed E-state index contributed by atoms with van der Waals surface area (Å²) < 4.78 is 4.95. The van der Waals surface area contributed by atoms with Crippen molar-refractivity contribution in [2.24, 2.45) is 17.8 Å². The second kappa shape index (κ2) is 11.9. The lowest BCUT2D eigenvalue weighted by Crippen LogP contribution is -2.48. The Morgan fingerprint density at radius 3 is 1.48 bits per heavy atom. The van der Waals surface area contributed by atoms with E-state index in [9.17, 15) is 0 Å². The zero-order chi connectivity index (χ0) is 35.4. The largest absolute Gasteiger partial charge is 0.208 e. The molecule has 0 spiro atoms. The van der Waals surface area contributed by atoms with E-state index < -0.39 is 0 Å². The smallest absolute Gasteiger partial charge is 0.165 e. The Kier molecular flexibility index (Phi) is 6.86. The van der Waals surface area contributed by atoms with Gasteiger partial charge in [-0.3, -0.25) is 0 Å². The lowest BCUT2D eigenvalue weighted by Gasteiger charge is -2.57. The maximum atomic E-state index is 5.30. The van der Waals surface area contributed by atoms with Gasteiger partial charge in [-0.15, -0.1) is 22.7 Å². The van der Waals surface area contributed by atoms with Crippen molar-refractivity contribution in [3.05, 3.63) is 139 Å². The molecular formula is C49H37N3S2. The van der Waals surface area contributed by atoms with E-state index in [1.807, 2.05) is 22.7 Å². The minimum absolute atomic E-state index is 0.404. The highest BCUT2D eigenvalue weighted by Gasteiger charge is 2.51. The third kappa shape index (κ3) is 4.87. The fraction of sp³-hybridized carbons (Fsp3) is 0.204. The molecule has 0 atom stereocenters. The van der Waals surface area contributed by atoms with Crippen molar-refractivity contribution in [3.8, 4) is 45.3 Å². The number of nitrogens with zero attached hydrogens (tertiary/aromatic N) is 3. The number of fused-ring (bicyclic) bond motifs is 6. The summed E-state index contributed by atoms with van der Waals surface area (Å²) in [5, 5.41) is 5.01. The number of hydrogen-bond acceptors (Lipinski definition) is 5. The minimum atomic E-state index is 0.404. The summed E-state index contributed by atoms with van der Waals surface area (Å²) in [4.78, 5) is 15.9. The first-order valence-electron chi connectivity index (χ1n) is 19.4. The van der Waals surface area contributed by atoms with Gasteiger partial charge in [-0.05, 0) is 109 Å². The Labute approximate surface area is 322 Å². The van der Waals surface area contributed by atoms with Crippen LogP contribution in [0.3, 0.4) is 0 Å². The van der Waals surface area contributed by atoms with E-state index in [-0.39, 0.29) is 0 Å². The van der Waals surface area contributed by atoms with E-state index >= 15 is 0 Å². The summed E-state index contributed by atoms with van der Waals surface area (Å²) in [5.41, 5.74) is 7.48. The lowest BCUT2D eigenvalue weighted by molar-refractivity contribution is -0.00518. The predicted molar refractivity (Wildman–Crippen MR) is 227 cm³/mol. The molecule has 3 aromatic heterocycles. The molecule has 5 heteroatoms. The van der Waals surface area contributed by atoms with Crippen LogP contribution in [0.1, 0.15) is 44.1 Å². The average Bonchev–Trinajstić information content (AvgIpc) is 3.79. The second-order valence-electron chi connectivity index (χ2n) is 16.2. The van der Waals surface area contributed by atoms with Gasteiger partial charge in [-0.2, -0.15) is 0 Å². The third-order valence-electron chi connectivity index (χ3n) is 12.9. The van der Waals surface area contributed by atoms with Gasteiger partial charge in [0, 0.05) is 57.0 Å². The first-order valence-corrected chi connectivity index (χ1v) is 21.1. The zero-order valence-corrected chi connectivity index (χ0v) is 31.5. The normalized spacial score (nSPS) is 21.9. The molecule has 0 aliphatic heterocycles. The van der Waals surface area contributed by atoms with Crippen LogP contribution in [0, 0.1) is 17.8 Å². The molecule has 4 bridgehead atoms. The summed E-state index contributed by atoms with van der Waals surface area (Å²) in [6, 6.07) is 48.8. The standard InChI is InChI=1S/C49H37N3S2/c1-3-16-42-36(10-1)38-12-6-14-40(44(38)53-42)47-50-46(51-48(52-47)41-15-7-13-39-37-11-2-4-17-43(37)54-45(39)41)34-9-5-8-33(25-34)32-18-20-35(21-19-32)49-26-29-22-30(27-49)24-31(23-29)28-49/h1-21,25,29-31H,22-24,26-28H2. The molecule has 0 amide bonds. The molecular weight excluding hydrogens is 695 g/mol. The first-order chi connectivity index (χ1) is 26.6. The molecule has 6 aromatic carbocycles. The average molecular weight is 732 g/mol. The Balaban J connectivity index is 0.998. The number of thiophene rings is 2. The van der Waals surface area contributed by atoms with Crippen molar-refractivity contribution >= 4 is 63.0 Å². The van der Waals surface area contributed by atoms with E-state index in [0.717, 1.165) is 34.4 Å². The van der Waals surface area contributed by atoms with Crippen LogP contribution in [0.4, 0.5) is 0 Å². The molecule has 13 rings (SSSR count). The Bertz CT molecular complexity index is 2770. The van der Waals surface area contributed by atoms with Crippen LogP contribution >= 0.6 is 22.7 Å². The highest BCUT2D eigenvalue weighted by atomic mass is 32.1. The first kappa shape index (κ1) is 31.2. The van der Waals surface area contributed by atoms with Gasteiger partial charge in [0.25, 0.3) is 0 Å². The SMILES string of the molecule is c1cc(-c2ccc(C34CC5CC(CC(C5)C3)C4)cc2)cc(-c2nc(-c3cccc4c3sc3ccccc34)nc(-c3cccc4c3sc3ccccc34)n2)c1. The summed E-state index contributed by atoms with van der Waals surface area (Å²) in [5.74, 6) is 4.93. The molecule has 3 heterocycles. The molecule has 4 fully saturated rings.